The molecule has 2 unspecified atom stereocenters. The van der Waals surface area contributed by atoms with E-state index in [0.29, 0.717) is 47.2 Å². The Labute approximate surface area is 314 Å². The van der Waals surface area contributed by atoms with Gasteiger partial charge in [0.2, 0.25) is 17.7 Å². The van der Waals surface area contributed by atoms with Crippen LogP contribution in [-0.4, -0.2) is 107 Å². The van der Waals surface area contributed by atoms with Gasteiger partial charge < -0.3 is 31.1 Å². The number of nitrogens with zero attached hydrogens (tertiary/aromatic N) is 7. The van der Waals surface area contributed by atoms with E-state index in [1.54, 1.807) is 9.80 Å². The summed E-state index contributed by atoms with van der Waals surface area (Å²) in [6.45, 7) is 16.2. The van der Waals surface area contributed by atoms with Crippen molar-refractivity contribution in [3.8, 4) is 0 Å². The number of nitrogens with one attached hydrogen (secondary N) is 4. The maximum atomic E-state index is 14.2. The molecular formula is C37H50F3N11O3. The van der Waals surface area contributed by atoms with E-state index in [1.165, 1.54) is 4.90 Å². The van der Waals surface area contributed by atoms with E-state index in [2.05, 4.69) is 31.2 Å². The second-order valence-electron chi connectivity index (χ2n) is 12.9. The van der Waals surface area contributed by atoms with E-state index in [4.69, 9.17) is 0 Å². The molecule has 0 aliphatic carbocycles. The summed E-state index contributed by atoms with van der Waals surface area (Å²) < 4.78 is 40.5. The third-order valence-electron chi connectivity index (χ3n) is 9.69. The molecule has 3 heterocycles. The van der Waals surface area contributed by atoms with Gasteiger partial charge in [0.1, 0.15) is 11.5 Å². The van der Waals surface area contributed by atoms with E-state index in [1.807, 2.05) is 87.7 Å². The molecule has 2 aliphatic heterocycles. The number of aromatic nitrogens is 2. The molecule has 14 nitrogen and oxygen atoms in total. The normalized spacial score (nSPS) is 15.8. The van der Waals surface area contributed by atoms with Crippen molar-refractivity contribution in [2.45, 2.75) is 66.7 Å². The number of benzene rings is 2. The summed E-state index contributed by atoms with van der Waals surface area (Å²) >= 11 is 0. The van der Waals surface area contributed by atoms with Crippen molar-refractivity contribution in [1.29, 1.82) is 0 Å². The lowest BCUT2D eigenvalue weighted by molar-refractivity contribution is -0.142. The fraction of sp³-hybridized carbons (Fsp3) is 0.486. The van der Waals surface area contributed by atoms with Gasteiger partial charge in [-0.1, -0.05) is 27.7 Å². The number of hydrogen-bond acceptors (Lipinski definition) is 11. The lowest BCUT2D eigenvalue weighted by atomic mass is 10.2. The number of hydrogen-bond donors (Lipinski definition) is 4. The Morgan fingerprint density at radius 1 is 0.630 bits per heavy atom. The monoisotopic (exact) mass is 753 g/mol. The van der Waals surface area contributed by atoms with Crippen LogP contribution in [0.1, 0.15) is 53.1 Å². The zero-order valence-electron chi connectivity index (χ0n) is 31.6. The predicted molar refractivity (Wildman–Crippen MR) is 204 cm³/mol. The van der Waals surface area contributed by atoms with Crippen molar-refractivity contribution in [2.75, 3.05) is 83.4 Å². The van der Waals surface area contributed by atoms with E-state index >= 15 is 0 Å². The molecule has 4 N–H and O–H groups in total. The first-order valence-corrected chi connectivity index (χ1v) is 18.4. The van der Waals surface area contributed by atoms with Crippen LogP contribution in [0.4, 0.5) is 47.3 Å². The minimum atomic E-state index is -4.71. The van der Waals surface area contributed by atoms with Crippen molar-refractivity contribution < 1.29 is 27.6 Å². The third-order valence-corrected chi connectivity index (χ3v) is 9.69. The Bertz CT molecular complexity index is 1710. The van der Waals surface area contributed by atoms with Crippen LogP contribution in [0.2, 0.25) is 0 Å². The molecule has 0 fully saturated rings. The Morgan fingerprint density at radius 3 is 1.48 bits per heavy atom. The van der Waals surface area contributed by atoms with E-state index in [0.717, 1.165) is 38.4 Å². The lowest BCUT2D eigenvalue weighted by Crippen LogP contribution is -2.57. The first kappa shape index (κ1) is 40.0. The van der Waals surface area contributed by atoms with Crippen molar-refractivity contribution in [3.63, 3.8) is 0 Å². The first-order valence-electron chi connectivity index (χ1n) is 18.4. The smallest absolute Gasteiger partial charge is 0.346 e. The molecular weight excluding hydrogens is 703 g/mol. The molecule has 0 radical (unpaired) electrons. The summed E-state index contributed by atoms with van der Waals surface area (Å²) in [6.07, 6.45) is -6.01. The highest BCUT2D eigenvalue weighted by Gasteiger charge is 2.39. The molecule has 54 heavy (non-hydrogen) atoms. The van der Waals surface area contributed by atoms with Crippen LogP contribution in [0.15, 0.2) is 48.7 Å². The highest BCUT2D eigenvalue weighted by molar-refractivity contribution is 5.97. The highest BCUT2D eigenvalue weighted by atomic mass is 19.4. The molecule has 2 atom stereocenters. The summed E-state index contributed by atoms with van der Waals surface area (Å²) in [5, 5.41) is 13.3. The van der Waals surface area contributed by atoms with Gasteiger partial charge in [-0.3, -0.25) is 29.1 Å². The Kier molecular flexibility index (Phi) is 12.8. The van der Waals surface area contributed by atoms with E-state index < -0.39 is 36.8 Å². The van der Waals surface area contributed by atoms with Gasteiger partial charge in [-0.15, -0.1) is 0 Å². The summed E-state index contributed by atoms with van der Waals surface area (Å²) in [4.78, 5) is 57.2. The fourth-order valence-electron chi connectivity index (χ4n) is 6.59. The molecule has 292 valence electrons. The molecule has 17 heteroatoms. The first-order chi connectivity index (χ1) is 25.8. The van der Waals surface area contributed by atoms with Gasteiger partial charge in [0.05, 0.1) is 42.3 Å². The number of carbonyl (C=O) groups excluding carboxylic acids is 3. The van der Waals surface area contributed by atoms with Gasteiger partial charge in [-0.2, -0.15) is 13.2 Å². The van der Waals surface area contributed by atoms with Crippen molar-refractivity contribution >= 4 is 51.8 Å². The molecule has 0 bridgehead atoms. The number of anilines is 6. The highest BCUT2D eigenvalue weighted by Crippen LogP contribution is 2.38. The average molecular weight is 754 g/mol. The van der Waals surface area contributed by atoms with Gasteiger partial charge in [-0.25, -0.2) is 9.97 Å². The summed E-state index contributed by atoms with van der Waals surface area (Å²) in [7, 11) is 0. The van der Waals surface area contributed by atoms with Crippen molar-refractivity contribution in [1.82, 2.24) is 24.7 Å². The summed E-state index contributed by atoms with van der Waals surface area (Å²) in [5.74, 6) is -0.963. The van der Waals surface area contributed by atoms with Gasteiger partial charge in [0.15, 0.2) is 12.6 Å². The van der Waals surface area contributed by atoms with Gasteiger partial charge in [0.25, 0.3) is 0 Å². The quantitative estimate of drug-likeness (QED) is 0.159. The zero-order chi connectivity index (χ0) is 39.2. The van der Waals surface area contributed by atoms with Crippen LogP contribution in [0.5, 0.6) is 0 Å². The van der Waals surface area contributed by atoms with Crippen LogP contribution in [-0.2, 0) is 27.0 Å². The second kappa shape index (κ2) is 17.3. The van der Waals surface area contributed by atoms with Gasteiger partial charge >= 0.3 is 6.18 Å². The molecule has 0 saturated carbocycles. The zero-order valence-corrected chi connectivity index (χ0v) is 31.6. The van der Waals surface area contributed by atoms with Crippen LogP contribution in [0, 0.1) is 0 Å². The lowest BCUT2D eigenvalue weighted by Gasteiger charge is -2.34. The third kappa shape index (κ3) is 8.95. The largest absolute Gasteiger partial charge is 0.433 e. The van der Waals surface area contributed by atoms with Gasteiger partial charge in [0, 0.05) is 30.7 Å². The number of carbonyl (C=O) groups is 3. The van der Waals surface area contributed by atoms with Crippen molar-refractivity contribution in [2.24, 2.45) is 0 Å². The second-order valence-corrected chi connectivity index (χ2v) is 12.9. The number of fused-ring (bicyclic) bond motifs is 2. The Hall–Kier alpha value is -5.16. The number of likely N-dealkylation sites (N-methyl/N-ethyl adjacent to an activating group) is 4. The topological polar surface area (TPSA) is 141 Å². The standard InChI is InChI=1S/C37H50F3N11O3/c1-7-47(8-2)22-33(53)49(11-5)24-13-15-26-28(19-24)44-35(42-26)51(32(52)21-31-41-18-17-30(46-31)37(38,39)40)36-43-27-16-14-25(20-29(27)45-36)50(12-6)34(54)23-48(9-3)10-4/h13-20,35-36,42-45H,7-12,21-23H2,1-6H3. The van der Waals surface area contributed by atoms with Crippen LogP contribution in [0.25, 0.3) is 0 Å². The number of alkyl halides is 3. The van der Waals surface area contributed by atoms with Gasteiger partial charge in [-0.05, 0) is 82.5 Å². The molecule has 2 aromatic carbocycles. The molecule has 0 spiro atoms. The van der Waals surface area contributed by atoms with E-state index in [9.17, 15) is 27.6 Å². The minimum Gasteiger partial charge on any atom is -0.346 e. The Balaban J connectivity index is 1.42. The van der Waals surface area contributed by atoms with Crippen LogP contribution >= 0.6 is 0 Å². The number of rotatable bonds is 16. The fourth-order valence-corrected chi connectivity index (χ4v) is 6.59. The average Bonchev–Trinajstić information content (AvgIpc) is 3.76. The molecule has 0 saturated heterocycles. The van der Waals surface area contributed by atoms with Crippen molar-refractivity contribution in [3.05, 3.63) is 60.2 Å². The Morgan fingerprint density at radius 2 is 1.07 bits per heavy atom. The molecule has 1 aromatic heterocycles. The molecule has 3 aromatic rings. The number of halogens is 3. The SMILES string of the molecule is CCN(CC)CC(=O)N(CC)c1ccc2c(c1)NC(N(C(=O)Cc1nccc(C(F)(F)F)n1)C1Nc3ccc(N(CC)C(=O)CN(CC)CC)cc3N1)N2. The molecule has 5 rings (SSSR count). The summed E-state index contributed by atoms with van der Waals surface area (Å²) in [6, 6.07) is 11.7. The minimum absolute atomic E-state index is 0.0468. The predicted octanol–water partition coefficient (Wildman–Crippen LogP) is 4.90. The molecule has 2 aliphatic rings. The summed E-state index contributed by atoms with van der Waals surface area (Å²) in [5.41, 5.74) is 2.77. The molecule has 3 amide bonds. The van der Waals surface area contributed by atoms with Crippen LogP contribution in [0.3, 0.4) is 0 Å². The maximum absolute atomic E-state index is 14.2. The maximum Gasteiger partial charge on any atom is 0.433 e. The van der Waals surface area contributed by atoms with E-state index in [-0.39, 0.29) is 30.7 Å². The number of amides is 3. The van der Waals surface area contributed by atoms with Crippen LogP contribution < -0.4 is 31.1 Å².